The predicted octanol–water partition coefficient (Wildman–Crippen LogP) is 0.357. The Labute approximate surface area is 117 Å². The fraction of sp³-hybridized carbons (Fsp3) is 0.417. The minimum Gasteiger partial charge on any atom is -0.309 e. The summed E-state index contributed by atoms with van der Waals surface area (Å²) in [5.74, 6) is 0.129. The summed E-state index contributed by atoms with van der Waals surface area (Å²) >= 11 is 0. The average molecular weight is 295 g/mol. The van der Waals surface area contributed by atoms with Gasteiger partial charge in [-0.3, -0.25) is 0 Å². The summed E-state index contributed by atoms with van der Waals surface area (Å²) in [7, 11) is -2.94. The normalized spacial score (nSPS) is 13.3. The highest BCUT2D eigenvalue weighted by molar-refractivity contribution is 7.90. The lowest BCUT2D eigenvalue weighted by molar-refractivity contribution is 0.575. The third kappa shape index (κ3) is 4.10. The van der Waals surface area contributed by atoms with Crippen LogP contribution >= 0.6 is 0 Å². The molecule has 108 valence electrons. The number of sulfone groups is 1. The minimum atomic E-state index is -2.94. The summed E-state index contributed by atoms with van der Waals surface area (Å²) < 4.78 is 23.8. The van der Waals surface area contributed by atoms with Crippen LogP contribution < -0.4 is 5.32 Å². The largest absolute Gasteiger partial charge is 0.309 e. The molecular formula is C12H17N5O2S. The van der Waals surface area contributed by atoms with E-state index in [0.717, 1.165) is 11.3 Å². The highest BCUT2D eigenvalue weighted by Crippen LogP contribution is 2.15. The molecule has 7 nitrogen and oxygen atoms in total. The first-order valence-corrected chi connectivity index (χ1v) is 8.26. The van der Waals surface area contributed by atoms with Crippen molar-refractivity contribution in [2.75, 3.05) is 18.6 Å². The van der Waals surface area contributed by atoms with Crippen LogP contribution in [0.15, 0.2) is 30.6 Å². The highest BCUT2D eigenvalue weighted by Gasteiger charge is 2.08. The molecular weight excluding hydrogens is 278 g/mol. The Morgan fingerprint density at radius 2 is 2.20 bits per heavy atom. The predicted molar refractivity (Wildman–Crippen MR) is 75.3 cm³/mol. The van der Waals surface area contributed by atoms with Gasteiger partial charge in [0.15, 0.2) is 0 Å². The number of aromatic nitrogens is 4. The summed E-state index contributed by atoms with van der Waals surface area (Å²) in [6.07, 6.45) is 2.76. The molecule has 1 aromatic carbocycles. The first-order valence-electron chi connectivity index (χ1n) is 6.20. The molecule has 8 heteroatoms. The van der Waals surface area contributed by atoms with Gasteiger partial charge in [-0.25, -0.2) is 13.1 Å². The van der Waals surface area contributed by atoms with Crippen LogP contribution in [0.3, 0.4) is 0 Å². The van der Waals surface area contributed by atoms with Gasteiger partial charge < -0.3 is 5.32 Å². The van der Waals surface area contributed by atoms with Gasteiger partial charge >= 0.3 is 0 Å². The molecule has 2 aromatic rings. The van der Waals surface area contributed by atoms with Gasteiger partial charge in [0.1, 0.15) is 16.2 Å². The molecule has 0 aliphatic rings. The van der Waals surface area contributed by atoms with E-state index in [1.54, 1.807) is 4.68 Å². The molecule has 1 unspecified atom stereocenters. The van der Waals surface area contributed by atoms with Gasteiger partial charge in [0.05, 0.1) is 11.4 Å². The van der Waals surface area contributed by atoms with Gasteiger partial charge in [-0.05, 0) is 35.0 Å². The lowest BCUT2D eigenvalue weighted by atomic mass is 10.1. The molecule has 0 saturated carbocycles. The van der Waals surface area contributed by atoms with Crippen molar-refractivity contribution >= 4 is 9.84 Å². The molecule has 1 aromatic heterocycles. The third-order valence-corrected chi connectivity index (χ3v) is 3.85. The van der Waals surface area contributed by atoms with E-state index in [2.05, 4.69) is 20.8 Å². The van der Waals surface area contributed by atoms with E-state index in [-0.39, 0.29) is 11.8 Å². The monoisotopic (exact) mass is 295 g/mol. The Hall–Kier alpha value is -1.80. The van der Waals surface area contributed by atoms with Gasteiger partial charge in [-0.1, -0.05) is 12.1 Å². The van der Waals surface area contributed by atoms with Gasteiger partial charge in [0, 0.05) is 18.8 Å². The van der Waals surface area contributed by atoms with Crippen LogP contribution in [0.2, 0.25) is 0 Å². The summed E-state index contributed by atoms with van der Waals surface area (Å²) in [6, 6.07) is 7.82. The Bertz CT molecular complexity index is 654. The number of hydrogen-bond donors (Lipinski definition) is 1. The zero-order chi connectivity index (χ0) is 14.6. The van der Waals surface area contributed by atoms with Crippen LogP contribution in [0.1, 0.15) is 18.5 Å². The first-order chi connectivity index (χ1) is 9.46. The number of benzene rings is 1. The molecule has 1 atom stereocenters. The van der Waals surface area contributed by atoms with Crippen molar-refractivity contribution in [3.05, 3.63) is 36.2 Å². The summed E-state index contributed by atoms with van der Waals surface area (Å²) in [5.41, 5.74) is 1.91. The van der Waals surface area contributed by atoms with E-state index >= 15 is 0 Å². The van der Waals surface area contributed by atoms with Crippen LogP contribution in [0.4, 0.5) is 0 Å². The van der Waals surface area contributed by atoms with Crippen molar-refractivity contribution in [1.29, 1.82) is 0 Å². The third-order valence-electron chi connectivity index (χ3n) is 2.91. The van der Waals surface area contributed by atoms with Gasteiger partial charge in [-0.15, -0.1) is 5.10 Å². The molecule has 0 aliphatic carbocycles. The second-order valence-corrected chi connectivity index (χ2v) is 6.91. The minimum absolute atomic E-state index is 0.0492. The number of nitrogens with one attached hydrogen (secondary N) is 1. The lowest BCUT2D eigenvalue weighted by Crippen LogP contribution is -2.25. The molecule has 1 heterocycles. The fourth-order valence-corrected chi connectivity index (χ4v) is 2.28. The van der Waals surface area contributed by atoms with Crippen molar-refractivity contribution in [2.45, 2.75) is 13.0 Å². The SMILES string of the molecule is CC(NCCS(C)(=O)=O)c1cccc(-n2cnnn2)c1. The molecule has 0 saturated heterocycles. The van der Waals surface area contributed by atoms with Crippen molar-refractivity contribution < 1.29 is 8.42 Å². The van der Waals surface area contributed by atoms with Crippen LogP contribution in [0.5, 0.6) is 0 Å². The van der Waals surface area contributed by atoms with E-state index < -0.39 is 9.84 Å². The van der Waals surface area contributed by atoms with E-state index in [4.69, 9.17) is 0 Å². The molecule has 1 N–H and O–H groups in total. The van der Waals surface area contributed by atoms with Crippen LogP contribution in [0, 0.1) is 0 Å². The van der Waals surface area contributed by atoms with E-state index in [1.807, 2.05) is 31.2 Å². The Morgan fingerprint density at radius 3 is 2.85 bits per heavy atom. The van der Waals surface area contributed by atoms with Crippen LogP contribution in [-0.2, 0) is 9.84 Å². The number of tetrazole rings is 1. The molecule has 2 rings (SSSR count). The molecule has 20 heavy (non-hydrogen) atoms. The maximum Gasteiger partial charge on any atom is 0.148 e. The number of nitrogens with zero attached hydrogens (tertiary/aromatic N) is 4. The van der Waals surface area contributed by atoms with E-state index in [0.29, 0.717) is 6.54 Å². The number of hydrogen-bond acceptors (Lipinski definition) is 6. The van der Waals surface area contributed by atoms with Gasteiger partial charge in [0.25, 0.3) is 0 Å². The summed E-state index contributed by atoms with van der Waals surface area (Å²) in [5, 5.41) is 14.2. The van der Waals surface area contributed by atoms with Crippen molar-refractivity contribution in [2.24, 2.45) is 0 Å². The van der Waals surface area contributed by atoms with Crippen molar-refractivity contribution in [3.63, 3.8) is 0 Å². The first kappa shape index (κ1) is 14.6. The fourth-order valence-electron chi connectivity index (χ4n) is 1.79. The second kappa shape index (κ2) is 6.10. The number of rotatable bonds is 6. The summed E-state index contributed by atoms with van der Waals surface area (Å²) in [4.78, 5) is 0. The zero-order valence-electron chi connectivity index (χ0n) is 11.4. The molecule has 0 spiro atoms. The molecule has 0 bridgehead atoms. The van der Waals surface area contributed by atoms with Crippen molar-refractivity contribution in [1.82, 2.24) is 25.5 Å². The maximum absolute atomic E-state index is 11.1. The Morgan fingerprint density at radius 1 is 1.40 bits per heavy atom. The van der Waals surface area contributed by atoms with E-state index in [1.165, 1.54) is 12.6 Å². The molecule has 0 amide bonds. The Balaban J connectivity index is 2.03. The second-order valence-electron chi connectivity index (χ2n) is 4.66. The van der Waals surface area contributed by atoms with Gasteiger partial charge in [0.2, 0.25) is 0 Å². The van der Waals surface area contributed by atoms with Crippen LogP contribution in [0.25, 0.3) is 5.69 Å². The maximum atomic E-state index is 11.1. The summed E-state index contributed by atoms with van der Waals surface area (Å²) in [6.45, 7) is 2.41. The topological polar surface area (TPSA) is 89.8 Å². The Kier molecular flexibility index (Phi) is 4.46. The smallest absolute Gasteiger partial charge is 0.148 e. The van der Waals surface area contributed by atoms with E-state index in [9.17, 15) is 8.42 Å². The average Bonchev–Trinajstić information content (AvgIpc) is 2.91. The quantitative estimate of drug-likeness (QED) is 0.827. The lowest BCUT2D eigenvalue weighted by Gasteiger charge is -2.14. The zero-order valence-corrected chi connectivity index (χ0v) is 12.2. The van der Waals surface area contributed by atoms with Crippen molar-refractivity contribution in [3.8, 4) is 5.69 Å². The van der Waals surface area contributed by atoms with Crippen LogP contribution in [-0.4, -0.2) is 47.2 Å². The molecule has 0 fully saturated rings. The standard InChI is InChI=1S/C12H17N5O2S/c1-10(13-6-7-20(2,18)19)11-4-3-5-12(8-11)17-9-14-15-16-17/h3-5,8-10,13H,6-7H2,1-2H3. The molecule has 0 aliphatic heterocycles. The highest BCUT2D eigenvalue weighted by atomic mass is 32.2. The molecule has 0 radical (unpaired) electrons. The van der Waals surface area contributed by atoms with Gasteiger partial charge in [-0.2, -0.15) is 0 Å².